The number of fused-ring (bicyclic) bond motifs is 1. The van der Waals surface area contributed by atoms with Gasteiger partial charge in [-0.25, -0.2) is 9.78 Å². The van der Waals surface area contributed by atoms with Gasteiger partial charge in [-0.3, -0.25) is 0 Å². The molecule has 0 aliphatic carbocycles. The molecule has 0 spiro atoms. The monoisotopic (exact) mass is 435 g/mol. The molecule has 2 aromatic heterocycles. The molecule has 4 nitrogen and oxygen atoms in total. The van der Waals surface area contributed by atoms with Gasteiger partial charge in [0.25, 0.3) is 0 Å². The first kappa shape index (κ1) is 19.7. The highest BCUT2D eigenvalue weighted by Crippen LogP contribution is 2.39. The van der Waals surface area contributed by atoms with Crippen LogP contribution in [-0.2, 0) is 0 Å². The lowest BCUT2D eigenvalue weighted by atomic mass is 10.0. The van der Waals surface area contributed by atoms with Crippen LogP contribution >= 0.6 is 23.1 Å². The fraction of sp³-hybridized carbons (Fsp3) is 0.100. The topological polar surface area (TPSA) is 63.3 Å². The highest BCUT2D eigenvalue weighted by molar-refractivity contribution is 8.01. The molecule has 0 unspecified atom stereocenters. The maximum Gasteiger partial charge on any atom is 0.419 e. The van der Waals surface area contributed by atoms with Crippen LogP contribution in [0.15, 0.2) is 79.2 Å². The third kappa shape index (κ3) is 4.21. The van der Waals surface area contributed by atoms with Crippen molar-refractivity contribution in [3.63, 3.8) is 0 Å². The number of aliphatic hydroxyl groups is 1. The molecule has 0 bridgehead atoms. The van der Waals surface area contributed by atoms with Gasteiger partial charge in [0, 0.05) is 22.5 Å². The third-order valence-corrected chi connectivity index (χ3v) is 6.20. The van der Waals surface area contributed by atoms with Gasteiger partial charge in [-0.15, -0.1) is 11.3 Å². The predicted octanol–water partition coefficient (Wildman–Crippen LogP) is 5.66. The van der Waals surface area contributed by atoms with E-state index in [-0.39, 0.29) is 4.88 Å². The van der Waals surface area contributed by atoms with E-state index in [4.69, 9.17) is 4.42 Å². The number of hydrogen-bond donors (Lipinski definition) is 1. The van der Waals surface area contributed by atoms with Gasteiger partial charge in [0.15, 0.2) is 10.4 Å². The molecule has 0 saturated heterocycles. The molecule has 29 heavy (non-hydrogen) atoms. The van der Waals surface area contributed by atoms with Crippen LogP contribution < -0.4 is 5.63 Å². The van der Waals surface area contributed by atoms with Gasteiger partial charge in [-0.2, -0.15) is 13.2 Å². The Balaban J connectivity index is 1.67. The normalized spacial score (nSPS) is 13.0. The second kappa shape index (κ2) is 7.66. The molecule has 1 N–H and O–H groups in total. The molecule has 0 fully saturated rings. The summed E-state index contributed by atoms with van der Waals surface area (Å²) in [5, 5.41) is 10.1. The molecular formula is C20H12F3NO3S2. The fourth-order valence-electron chi connectivity index (χ4n) is 2.77. The fourth-order valence-corrected chi connectivity index (χ4v) is 4.78. The third-order valence-electron chi connectivity index (χ3n) is 4.09. The van der Waals surface area contributed by atoms with Crippen LogP contribution in [0.25, 0.3) is 22.1 Å². The number of aliphatic hydroxyl groups excluding tert-OH is 1. The first-order valence-corrected chi connectivity index (χ1v) is 9.96. The number of benzene rings is 2. The van der Waals surface area contributed by atoms with Gasteiger partial charge in [0.1, 0.15) is 5.58 Å². The van der Waals surface area contributed by atoms with Crippen molar-refractivity contribution < 1.29 is 22.7 Å². The first-order chi connectivity index (χ1) is 13.8. The van der Waals surface area contributed by atoms with Crippen LogP contribution in [0.2, 0.25) is 0 Å². The molecule has 9 heteroatoms. The molecule has 0 saturated carbocycles. The number of aromatic nitrogens is 1. The predicted molar refractivity (Wildman–Crippen MR) is 105 cm³/mol. The van der Waals surface area contributed by atoms with Crippen LogP contribution in [0.3, 0.4) is 0 Å². The molecule has 0 amide bonds. The smallest absolute Gasteiger partial charge is 0.419 e. The molecule has 4 rings (SSSR count). The Bertz CT molecular complexity index is 1220. The van der Waals surface area contributed by atoms with Crippen LogP contribution in [0.1, 0.15) is 11.0 Å². The standard InChI is InChI=1S/C20H12F3NO3S2/c21-20(22,23)18(26)16-10-24-19(29-16)28-12-6-7-13-14(11-4-2-1-3-5-11)9-17(25)27-15(13)8-12/h1-10,18,26H/t18-/m0/s1. The number of halogens is 3. The summed E-state index contributed by atoms with van der Waals surface area (Å²) in [5.41, 5.74) is 1.48. The van der Waals surface area contributed by atoms with Crippen molar-refractivity contribution in [2.45, 2.75) is 21.5 Å². The molecule has 4 aromatic rings. The summed E-state index contributed by atoms with van der Waals surface area (Å²) in [5.74, 6) is 0. The molecule has 0 aliphatic heterocycles. The van der Waals surface area contributed by atoms with Crippen molar-refractivity contribution >= 4 is 34.1 Å². The maximum atomic E-state index is 12.6. The molecule has 0 aliphatic rings. The highest BCUT2D eigenvalue weighted by Gasteiger charge is 2.40. The summed E-state index contributed by atoms with van der Waals surface area (Å²) < 4.78 is 43.6. The van der Waals surface area contributed by atoms with E-state index in [1.165, 1.54) is 6.07 Å². The van der Waals surface area contributed by atoms with Gasteiger partial charge in [-0.05, 0) is 29.3 Å². The summed E-state index contributed by atoms with van der Waals surface area (Å²) in [4.78, 5) is 16.3. The van der Waals surface area contributed by atoms with E-state index in [9.17, 15) is 23.1 Å². The van der Waals surface area contributed by atoms with Crippen LogP contribution in [0, 0.1) is 0 Å². The van der Waals surface area contributed by atoms with Gasteiger partial charge in [0.2, 0.25) is 0 Å². The van der Waals surface area contributed by atoms with Crippen molar-refractivity contribution in [1.29, 1.82) is 0 Å². The van der Waals surface area contributed by atoms with Crippen molar-refractivity contribution in [2.75, 3.05) is 0 Å². The molecule has 148 valence electrons. The SMILES string of the molecule is O=c1cc(-c2ccccc2)c2ccc(Sc3ncc([C@H](O)C(F)(F)F)s3)cc2o1. The van der Waals surface area contributed by atoms with E-state index in [1.807, 2.05) is 30.3 Å². The van der Waals surface area contributed by atoms with Gasteiger partial charge < -0.3 is 9.52 Å². The van der Waals surface area contributed by atoms with E-state index in [2.05, 4.69) is 4.98 Å². The number of thiazole rings is 1. The van der Waals surface area contributed by atoms with Gasteiger partial charge >= 0.3 is 11.8 Å². The first-order valence-electron chi connectivity index (χ1n) is 8.33. The highest BCUT2D eigenvalue weighted by atomic mass is 32.2. The van der Waals surface area contributed by atoms with Crippen LogP contribution in [-0.4, -0.2) is 16.3 Å². The zero-order chi connectivity index (χ0) is 20.6. The summed E-state index contributed by atoms with van der Waals surface area (Å²) >= 11 is 1.89. The Morgan fingerprint density at radius 1 is 1.10 bits per heavy atom. The Morgan fingerprint density at radius 2 is 1.86 bits per heavy atom. The Hall–Kier alpha value is -2.62. The molecule has 2 heterocycles. The Morgan fingerprint density at radius 3 is 2.59 bits per heavy atom. The van der Waals surface area contributed by atoms with Crippen molar-refractivity contribution in [1.82, 2.24) is 4.98 Å². The average Bonchev–Trinajstić information content (AvgIpc) is 3.14. The Kier molecular flexibility index (Phi) is 5.20. The number of rotatable bonds is 4. The zero-order valence-corrected chi connectivity index (χ0v) is 16.1. The van der Waals surface area contributed by atoms with Gasteiger partial charge in [0.05, 0.1) is 4.88 Å². The lowest BCUT2D eigenvalue weighted by Crippen LogP contribution is -2.18. The number of alkyl halides is 3. The largest absolute Gasteiger partial charge is 0.423 e. The number of nitrogens with zero attached hydrogens (tertiary/aromatic N) is 1. The minimum atomic E-state index is -4.74. The summed E-state index contributed by atoms with van der Waals surface area (Å²) in [6.45, 7) is 0. The van der Waals surface area contributed by atoms with E-state index in [0.29, 0.717) is 14.8 Å². The second-order valence-electron chi connectivity index (χ2n) is 6.08. The van der Waals surface area contributed by atoms with E-state index < -0.39 is 17.9 Å². The molecule has 0 radical (unpaired) electrons. The van der Waals surface area contributed by atoms with Crippen molar-refractivity contribution in [3.05, 3.63) is 76.1 Å². The molecule has 2 aromatic carbocycles. The second-order valence-corrected chi connectivity index (χ2v) is 8.46. The van der Waals surface area contributed by atoms with Crippen molar-refractivity contribution in [2.24, 2.45) is 0 Å². The Labute approximate surface area is 170 Å². The minimum Gasteiger partial charge on any atom is -0.423 e. The van der Waals surface area contributed by atoms with E-state index >= 15 is 0 Å². The van der Waals surface area contributed by atoms with Crippen molar-refractivity contribution in [3.8, 4) is 11.1 Å². The quantitative estimate of drug-likeness (QED) is 0.419. The van der Waals surface area contributed by atoms with Crippen LogP contribution in [0.5, 0.6) is 0 Å². The lowest BCUT2D eigenvalue weighted by Gasteiger charge is -2.11. The molecule has 1 atom stereocenters. The van der Waals surface area contributed by atoms with Crippen LogP contribution in [0.4, 0.5) is 13.2 Å². The summed E-state index contributed by atoms with van der Waals surface area (Å²) in [6, 6.07) is 16.0. The van der Waals surface area contributed by atoms with E-state index in [0.717, 1.165) is 45.8 Å². The van der Waals surface area contributed by atoms with E-state index in [1.54, 1.807) is 18.2 Å². The average molecular weight is 435 g/mol. The zero-order valence-electron chi connectivity index (χ0n) is 14.5. The maximum absolute atomic E-state index is 12.6. The lowest BCUT2D eigenvalue weighted by molar-refractivity contribution is -0.205. The summed E-state index contributed by atoms with van der Waals surface area (Å²) in [7, 11) is 0. The number of hydrogen-bond acceptors (Lipinski definition) is 6. The summed E-state index contributed by atoms with van der Waals surface area (Å²) in [6.07, 6.45) is -6.29. The van der Waals surface area contributed by atoms with Gasteiger partial charge in [-0.1, -0.05) is 42.1 Å². The minimum absolute atomic E-state index is 0.279. The molecular weight excluding hydrogens is 423 g/mol.